The van der Waals surface area contributed by atoms with E-state index in [1.807, 2.05) is 6.92 Å². The van der Waals surface area contributed by atoms with E-state index in [0.29, 0.717) is 6.04 Å². The van der Waals surface area contributed by atoms with Gasteiger partial charge in [0.25, 0.3) is 0 Å². The maximum atomic E-state index is 9.53. The molecule has 3 heteroatoms. The van der Waals surface area contributed by atoms with E-state index in [2.05, 4.69) is 25.9 Å². The number of alkyl halides is 1. The second-order valence-electron chi connectivity index (χ2n) is 6.45. The summed E-state index contributed by atoms with van der Waals surface area (Å²) in [7, 11) is 4.15. The first-order chi connectivity index (χ1) is 9.47. The van der Waals surface area contributed by atoms with Gasteiger partial charge in [-0.2, -0.15) is 0 Å². The summed E-state index contributed by atoms with van der Waals surface area (Å²) in [6.45, 7) is 4.11. The Bertz CT molecular complexity index is 209. The van der Waals surface area contributed by atoms with Crippen molar-refractivity contribution < 1.29 is 5.11 Å². The van der Waals surface area contributed by atoms with Crippen molar-refractivity contribution in [1.29, 1.82) is 0 Å². The Balaban J connectivity index is 3.66. The molecule has 2 nitrogen and oxygen atoms in total. The second kappa shape index (κ2) is 12.9. The van der Waals surface area contributed by atoms with E-state index in [4.69, 9.17) is 11.6 Å². The summed E-state index contributed by atoms with van der Waals surface area (Å²) in [6, 6.07) is 0.391. The molecule has 0 fully saturated rings. The largest absolute Gasteiger partial charge is 0.393 e. The molecule has 122 valence electrons. The van der Waals surface area contributed by atoms with E-state index in [1.54, 1.807) is 0 Å². The van der Waals surface area contributed by atoms with Crippen molar-refractivity contribution in [2.24, 2.45) is 0 Å². The highest BCUT2D eigenvalue weighted by atomic mass is 35.5. The van der Waals surface area contributed by atoms with Crippen LogP contribution in [0.4, 0.5) is 0 Å². The fourth-order valence-corrected chi connectivity index (χ4v) is 3.01. The lowest BCUT2D eigenvalue weighted by Gasteiger charge is -2.27. The lowest BCUT2D eigenvalue weighted by molar-refractivity contribution is 0.133. The van der Waals surface area contributed by atoms with Crippen molar-refractivity contribution in [1.82, 2.24) is 4.90 Å². The van der Waals surface area contributed by atoms with Crippen molar-refractivity contribution in [2.45, 2.75) is 95.6 Å². The molecule has 0 aliphatic carbocycles. The van der Waals surface area contributed by atoms with E-state index in [0.717, 1.165) is 19.3 Å². The van der Waals surface area contributed by atoms with Crippen LogP contribution in [0.3, 0.4) is 0 Å². The molecule has 0 saturated heterocycles. The number of hydrogen-bond donors (Lipinski definition) is 1. The van der Waals surface area contributed by atoms with Gasteiger partial charge in [-0.1, -0.05) is 51.9 Å². The molecule has 0 saturated carbocycles. The Morgan fingerprint density at radius 2 is 1.50 bits per heavy atom. The molecule has 0 rings (SSSR count). The second-order valence-corrected chi connectivity index (χ2v) is 7.06. The van der Waals surface area contributed by atoms with Gasteiger partial charge in [0.1, 0.15) is 0 Å². The molecule has 0 heterocycles. The van der Waals surface area contributed by atoms with Crippen LogP contribution in [0.15, 0.2) is 0 Å². The number of rotatable bonds is 13. The fourth-order valence-electron chi connectivity index (χ4n) is 2.65. The number of nitrogens with zero attached hydrogens (tertiary/aromatic N) is 1. The third-order valence-electron chi connectivity index (χ3n) is 3.99. The normalized spacial score (nSPS) is 16.4. The third kappa shape index (κ3) is 12.0. The Kier molecular flexibility index (Phi) is 13.0. The van der Waals surface area contributed by atoms with Gasteiger partial charge >= 0.3 is 0 Å². The van der Waals surface area contributed by atoms with Gasteiger partial charge in [0.05, 0.1) is 6.10 Å². The highest BCUT2D eigenvalue weighted by Gasteiger charge is 2.18. The van der Waals surface area contributed by atoms with Crippen LogP contribution in [-0.4, -0.2) is 41.6 Å². The standard InChI is InChI=1S/C17H36ClNO/c1-5-6-7-8-9-10-11-12-16(18)14-17(19(3)4)13-15(2)20/h15-17,20H,5-14H2,1-4H3. The van der Waals surface area contributed by atoms with Gasteiger partial charge in [0, 0.05) is 11.4 Å². The summed E-state index contributed by atoms with van der Waals surface area (Å²) in [5.74, 6) is 0. The molecule has 0 bridgehead atoms. The minimum atomic E-state index is -0.246. The molecule has 0 aliphatic heterocycles. The van der Waals surface area contributed by atoms with E-state index >= 15 is 0 Å². The summed E-state index contributed by atoms with van der Waals surface area (Å²) in [5.41, 5.74) is 0. The van der Waals surface area contributed by atoms with Crippen LogP contribution in [0.1, 0.15) is 78.1 Å². The van der Waals surface area contributed by atoms with Crippen molar-refractivity contribution in [3.05, 3.63) is 0 Å². The molecule has 1 N–H and O–H groups in total. The number of hydrogen-bond acceptors (Lipinski definition) is 2. The Morgan fingerprint density at radius 1 is 0.950 bits per heavy atom. The lowest BCUT2D eigenvalue weighted by Crippen LogP contribution is -2.33. The summed E-state index contributed by atoms with van der Waals surface area (Å²) < 4.78 is 0. The van der Waals surface area contributed by atoms with Crippen LogP contribution in [-0.2, 0) is 0 Å². The molecule has 0 aromatic carbocycles. The molecule has 0 aliphatic rings. The summed E-state index contributed by atoms with van der Waals surface area (Å²) in [5, 5.41) is 9.78. The van der Waals surface area contributed by atoms with Crippen LogP contribution in [0.2, 0.25) is 0 Å². The number of aliphatic hydroxyl groups excluding tert-OH is 1. The van der Waals surface area contributed by atoms with Crippen molar-refractivity contribution >= 4 is 11.6 Å². The molecular weight excluding hydrogens is 270 g/mol. The van der Waals surface area contributed by atoms with E-state index < -0.39 is 0 Å². The number of unbranched alkanes of at least 4 members (excludes halogenated alkanes) is 6. The molecule has 20 heavy (non-hydrogen) atoms. The average Bonchev–Trinajstić information content (AvgIpc) is 2.36. The maximum Gasteiger partial charge on any atom is 0.0527 e. The fraction of sp³-hybridized carbons (Fsp3) is 1.00. The topological polar surface area (TPSA) is 23.5 Å². The van der Waals surface area contributed by atoms with Gasteiger partial charge in [0.2, 0.25) is 0 Å². The molecule has 0 amide bonds. The molecule has 0 aromatic rings. The third-order valence-corrected chi connectivity index (χ3v) is 4.39. The Morgan fingerprint density at radius 3 is 2.00 bits per heavy atom. The van der Waals surface area contributed by atoms with Gasteiger partial charge in [-0.3, -0.25) is 0 Å². The monoisotopic (exact) mass is 305 g/mol. The zero-order valence-corrected chi connectivity index (χ0v) is 14.8. The SMILES string of the molecule is CCCCCCCCCC(Cl)CC(CC(C)O)N(C)C. The first kappa shape index (κ1) is 20.2. The zero-order valence-electron chi connectivity index (χ0n) is 14.1. The van der Waals surface area contributed by atoms with Crippen LogP contribution >= 0.6 is 11.6 Å². The highest BCUT2D eigenvalue weighted by Crippen LogP contribution is 2.20. The van der Waals surface area contributed by atoms with Gasteiger partial charge in [-0.05, 0) is 40.3 Å². The Labute approximate surface area is 131 Å². The summed E-state index contributed by atoms with van der Waals surface area (Å²) >= 11 is 6.46. The van der Waals surface area contributed by atoms with Crippen molar-refractivity contribution in [2.75, 3.05) is 14.1 Å². The first-order valence-electron chi connectivity index (χ1n) is 8.45. The van der Waals surface area contributed by atoms with Crippen molar-refractivity contribution in [3.8, 4) is 0 Å². The average molecular weight is 306 g/mol. The van der Waals surface area contributed by atoms with E-state index in [-0.39, 0.29) is 11.5 Å². The van der Waals surface area contributed by atoms with Gasteiger partial charge in [0.15, 0.2) is 0 Å². The molecular formula is C17H36ClNO. The Hall–Kier alpha value is 0.210. The molecule has 0 radical (unpaired) electrons. The molecule has 0 spiro atoms. The maximum absolute atomic E-state index is 9.53. The smallest absolute Gasteiger partial charge is 0.0527 e. The van der Waals surface area contributed by atoms with Crippen LogP contribution < -0.4 is 0 Å². The summed E-state index contributed by atoms with van der Waals surface area (Å²) in [6.07, 6.45) is 12.0. The van der Waals surface area contributed by atoms with E-state index in [1.165, 1.54) is 44.9 Å². The number of halogens is 1. The molecule has 3 atom stereocenters. The quantitative estimate of drug-likeness (QED) is 0.389. The van der Waals surface area contributed by atoms with Gasteiger partial charge in [-0.15, -0.1) is 11.6 Å². The van der Waals surface area contributed by atoms with E-state index in [9.17, 15) is 5.11 Å². The predicted octanol–water partition coefficient (Wildman–Crippen LogP) is 4.83. The van der Waals surface area contributed by atoms with Crippen LogP contribution in [0, 0.1) is 0 Å². The van der Waals surface area contributed by atoms with Gasteiger partial charge in [-0.25, -0.2) is 0 Å². The predicted molar refractivity (Wildman–Crippen MR) is 90.6 cm³/mol. The minimum Gasteiger partial charge on any atom is -0.393 e. The number of aliphatic hydroxyl groups is 1. The van der Waals surface area contributed by atoms with Gasteiger partial charge < -0.3 is 10.0 Å². The van der Waals surface area contributed by atoms with Crippen molar-refractivity contribution in [3.63, 3.8) is 0 Å². The van der Waals surface area contributed by atoms with Crippen LogP contribution in [0.25, 0.3) is 0 Å². The first-order valence-corrected chi connectivity index (χ1v) is 8.89. The minimum absolute atomic E-state index is 0.246. The summed E-state index contributed by atoms with van der Waals surface area (Å²) in [4.78, 5) is 2.19. The zero-order chi connectivity index (χ0) is 15.4. The molecule has 3 unspecified atom stereocenters. The van der Waals surface area contributed by atoms with Crippen LogP contribution in [0.5, 0.6) is 0 Å². The molecule has 0 aromatic heterocycles. The lowest BCUT2D eigenvalue weighted by atomic mass is 10.00. The highest BCUT2D eigenvalue weighted by molar-refractivity contribution is 6.20.